The van der Waals surface area contributed by atoms with Crippen molar-refractivity contribution in [2.75, 3.05) is 6.61 Å². The minimum absolute atomic E-state index is 0.0529. The van der Waals surface area contributed by atoms with Crippen LogP contribution < -0.4 is 10.6 Å². The van der Waals surface area contributed by atoms with Crippen LogP contribution in [0, 0.1) is 12.8 Å². The predicted octanol–water partition coefficient (Wildman–Crippen LogP) is 2.22. The largest absolute Gasteiger partial charge is 0.444 e. The van der Waals surface area contributed by atoms with Crippen molar-refractivity contribution in [1.29, 1.82) is 0 Å². The molecular weight excluding hydrogens is 314 g/mol. The van der Waals surface area contributed by atoms with Crippen LogP contribution in [-0.4, -0.2) is 41.5 Å². The van der Waals surface area contributed by atoms with E-state index in [1.54, 1.807) is 11.3 Å². The van der Waals surface area contributed by atoms with E-state index in [0.717, 1.165) is 23.7 Å². The first-order chi connectivity index (χ1) is 10.8. The van der Waals surface area contributed by atoms with Crippen molar-refractivity contribution >= 4 is 17.4 Å². The molecule has 23 heavy (non-hydrogen) atoms. The van der Waals surface area contributed by atoms with Gasteiger partial charge in [0.15, 0.2) is 0 Å². The molecule has 4 unspecified atom stereocenters. The molecule has 4 atom stereocenters. The molecule has 1 amide bonds. The van der Waals surface area contributed by atoms with Gasteiger partial charge in [-0.15, -0.1) is 11.3 Å². The van der Waals surface area contributed by atoms with Gasteiger partial charge < -0.3 is 20.1 Å². The molecule has 1 saturated heterocycles. The average molecular weight is 339 g/mol. The van der Waals surface area contributed by atoms with Gasteiger partial charge in [0.2, 0.25) is 0 Å². The summed E-state index contributed by atoms with van der Waals surface area (Å²) in [5, 5.41) is 9.63. The third-order valence-electron chi connectivity index (χ3n) is 4.25. The Morgan fingerprint density at radius 1 is 1.48 bits per heavy atom. The van der Waals surface area contributed by atoms with E-state index in [2.05, 4.69) is 21.0 Å². The lowest BCUT2D eigenvalue weighted by molar-refractivity contribution is -0.0345. The topological polar surface area (TPSA) is 72.5 Å². The van der Waals surface area contributed by atoms with Gasteiger partial charge in [-0.1, -0.05) is 0 Å². The van der Waals surface area contributed by atoms with Crippen LogP contribution in [0.15, 0.2) is 5.38 Å². The second kappa shape index (κ2) is 6.37. The number of carbonyl (C=O) groups excluding carboxylic acids is 1. The zero-order valence-corrected chi connectivity index (χ0v) is 14.9. The van der Waals surface area contributed by atoms with Gasteiger partial charge in [0, 0.05) is 24.4 Å². The van der Waals surface area contributed by atoms with E-state index >= 15 is 0 Å². The van der Waals surface area contributed by atoms with Crippen molar-refractivity contribution in [3.63, 3.8) is 0 Å². The standard InChI is InChI=1S/C16H25N3O3S/c1-9-18-10(8-23-9)7-17-13-12(11-5-6-21-14(11)13)19-15(20)22-16(2,3)4/h8,11-14,17H,5-7H2,1-4H3,(H,19,20). The number of alkyl carbamates (subject to hydrolysis) is 1. The highest BCUT2D eigenvalue weighted by Gasteiger charge is 2.54. The average Bonchev–Trinajstić information content (AvgIpc) is 3.02. The first-order valence-electron chi connectivity index (χ1n) is 8.09. The van der Waals surface area contributed by atoms with Crippen LogP contribution in [-0.2, 0) is 16.0 Å². The summed E-state index contributed by atoms with van der Waals surface area (Å²) in [7, 11) is 0. The molecule has 128 valence electrons. The summed E-state index contributed by atoms with van der Waals surface area (Å²) in [4.78, 5) is 16.5. The summed E-state index contributed by atoms with van der Waals surface area (Å²) in [6.07, 6.45) is 0.804. The molecule has 1 aliphatic heterocycles. The van der Waals surface area contributed by atoms with Crippen molar-refractivity contribution in [2.24, 2.45) is 5.92 Å². The Balaban J connectivity index is 1.57. The maximum atomic E-state index is 12.1. The maximum Gasteiger partial charge on any atom is 0.407 e. The van der Waals surface area contributed by atoms with Gasteiger partial charge in [-0.3, -0.25) is 0 Å². The predicted molar refractivity (Wildman–Crippen MR) is 88.5 cm³/mol. The summed E-state index contributed by atoms with van der Waals surface area (Å²) in [6, 6.07) is 0.161. The molecule has 0 aromatic carbocycles. The number of nitrogens with zero attached hydrogens (tertiary/aromatic N) is 1. The number of nitrogens with one attached hydrogen (secondary N) is 2. The molecule has 2 aliphatic rings. The van der Waals surface area contributed by atoms with Crippen molar-refractivity contribution in [1.82, 2.24) is 15.6 Å². The number of thiazole rings is 1. The molecule has 2 N–H and O–H groups in total. The van der Waals surface area contributed by atoms with E-state index in [1.165, 1.54) is 0 Å². The summed E-state index contributed by atoms with van der Waals surface area (Å²) in [5.74, 6) is 0.372. The van der Waals surface area contributed by atoms with Crippen LogP contribution in [0.25, 0.3) is 0 Å². The van der Waals surface area contributed by atoms with Crippen LogP contribution in [0.1, 0.15) is 37.9 Å². The highest BCUT2D eigenvalue weighted by atomic mass is 32.1. The van der Waals surface area contributed by atoms with E-state index in [1.807, 2.05) is 27.7 Å². The fraction of sp³-hybridized carbons (Fsp3) is 0.750. The highest BCUT2D eigenvalue weighted by molar-refractivity contribution is 7.09. The number of aromatic nitrogens is 1. The van der Waals surface area contributed by atoms with Gasteiger partial charge >= 0.3 is 6.09 Å². The first-order valence-corrected chi connectivity index (χ1v) is 8.97. The molecule has 0 spiro atoms. The summed E-state index contributed by atoms with van der Waals surface area (Å²) in [5.41, 5.74) is 0.547. The van der Waals surface area contributed by atoms with E-state index in [4.69, 9.17) is 9.47 Å². The fourth-order valence-electron chi connectivity index (χ4n) is 3.30. The number of amides is 1. The smallest absolute Gasteiger partial charge is 0.407 e. The second-order valence-corrected chi connectivity index (χ2v) is 8.29. The maximum absolute atomic E-state index is 12.1. The minimum Gasteiger partial charge on any atom is -0.444 e. The molecule has 1 aromatic rings. The Labute approximate surface area is 141 Å². The van der Waals surface area contributed by atoms with Gasteiger partial charge in [-0.2, -0.15) is 0 Å². The number of rotatable bonds is 4. The van der Waals surface area contributed by atoms with Gasteiger partial charge in [0.25, 0.3) is 0 Å². The van der Waals surface area contributed by atoms with Crippen molar-refractivity contribution < 1.29 is 14.3 Å². The molecule has 2 heterocycles. The molecule has 1 aromatic heterocycles. The normalized spacial score (nSPS) is 29.7. The third-order valence-corrected chi connectivity index (χ3v) is 5.08. The summed E-state index contributed by atoms with van der Waals surface area (Å²) in [6.45, 7) is 9.06. The lowest BCUT2D eigenvalue weighted by atomic mass is 9.71. The molecule has 7 heteroatoms. The first kappa shape index (κ1) is 16.7. The van der Waals surface area contributed by atoms with Crippen LogP contribution in [0.4, 0.5) is 4.79 Å². The van der Waals surface area contributed by atoms with Crippen molar-refractivity contribution in [3.05, 3.63) is 16.1 Å². The second-order valence-electron chi connectivity index (χ2n) is 7.22. The molecule has 1 aliphatic carbocycles. The number of carbonyl (C=O) groups is 1. The molecular formula is C16H25N3O3S. The molecule has 1 saturated carbocycles. The number of hydrogen-bond acceptors (Lipinski definition) is 6. The summed E-state index contributed by atoms with van der Waals surface area (Å²) >= 11 is 1.65. The molecule has 6 nitrogen and oxygen atoms in total. The number of ether oxygens (including phenoxy) is 2. The SMILES string of the molecule is Cc1nc(CNC2C(NC(=O)OC(C)(C)C)C3CCOC32)cs1. The number of aryl methyl sites for hydroxylation is 1. The minimum atomic E-state index is -0.486. The van der Waals surface area contributed by atoms with Crippen LogP contribution in [0.5, 0.6) is 0 Å². The zero-order valence-electron chi connectivity index (χ0n) is 14.1. The molecule has 3 rings (SSSR count). The highest BCUT2D eigenvalue weighted by Crippen LogP contribution is 2.39. The lowest BCUT2D eigenvalue weighted by Crippen LogP contribution is -2.70. The van der Waals surface area contributed by atoms with E-state index in [9.17, 15) is 4.79 Å². The summed E-state index contributed by atoms with van der Waals surface area (Å²) < 4.78 is 11.2. The van der Waals surface area contributed by atoms with Gasteiger partial charge in [-0.05, 0) is 34.1 Å². The molecule has 0 bridgehead atoms. The number of fused-ring (bicyclic) bond motifs is 1. The van der Waals surface area contributed by atoms with Gasteiger partial charge in [0.1, 0.15) is 5.60 Å². The molecule has 0 radical (unpaired) electrons. The Kier molecular flexibility index (Phi) is 4.62. The fourth-order valence-corrected chi connectivity index (χ4v) is 3.92. The van der Waals surface area contributed by atoms with Crippen LogP contribution in [0.3, 0.4) is 0 Å². The van der Waals surface area contributed by atoms with Crippen LogP contribution >= 0.6 is 11.3 Å². The quantitative estimate of drug-likeness (QED) is 0.880. The lowest BCUT2D eigenvalue weighted by Gasteiger charge is -2.48. The third kappa shape index (κ3) is 3.84. The van der Waals surface area contributed by atoms with E-state index in [-0.39, 0.29) is 24.3 Å². The molecule has 2 fully saturated rings. The van der Waals surface area contributed by atoms with Gasteiger partial charge in [0.05, 0.1) is 28.9 Å². The monoisotopic (exact) mass is 339 g/mol. The van der Waals surface area contributed by atoms with Crippen molar-refractivity contribution in [3.8, 4) is 0 Å². The van der Waals surface area contributed by atoms with Gasteiger partial charge in [-0.25, -0.2) is 9.78 Å². The Morgan fingerprint density at radius 2 is 2.26 bits per heavy atom. The van der Waals surface area contributed by atoms with Crippen molar-refractivity contribution in [2.45, 2.75) is 64.4 Å². The number of hydrogen-bond donors (Lipinski definition) is 2. The Morgan fingerprint density at radius 3 is 2.91 bits per heavy atom. The zero-order chi connectivity index (χ0) is 16.6. The van der Waals surface area contributed by atoms with E-state index in [0.29, 0.717) is 12.5 Å². The van der Waals surface area contributed by atoms with Crippen LogP contribution in [0.2, 0.25) is 0 Å². The Hall–Kier alpha value is -1.18. The van der Waals surface area contributed by atoms with E-state index < -0.39 is 5.60 Å². The Bertz CT molecular complexity index is 569.